The van der Waals surface area contributed by atoms with Gasteiger partial charge in [0.05, 0.1) is 5.71 Å². The van der Waals surface area contributed by atoms with Crippen molar-refractivity contribution < 1.29 is 5.21 Å². The molecule has 0 amide bonds. The second kappa shape index (κ2) is 7.07. The number of nitrogens with zero attached hydrogens (tertiary/aromatic N) is 2. The van der Waals surface area contributed by atoms with Gasteiger partial charge in [-0.1, -0.05) is 42.0 Å². The predicted octanol–water partition coefficient (Wildman–Crippen LogP) is 3.83. The maximum atomic E-state index is 9.57. The largest absolute Gasteiger partial charge is 0.345 e. The van der Waals surface area contributed by atoms with Crippen molar-refractivity contribution in [3.05, 3.63) is 65.4 Å². The molecule has 5 nitrogen and oxygen atoms in total. The summed E-state index contributed by atoms with van der Waals surface area (Å²) in [6, 6.07) is 9.97. The summed E-state index contributed by atoms with van der Waals surface area (Å²) in [5.41, 5.74) is 7.56. The zero-order valence-corrected chi connectivity index (χ0v) is 14.0. The summed E-state index contributed by atoms with van der Waals surface area (Å²) in [5.74, 6) is 0.381. The van der Waals surface area contributed by atoms with Crippen LogP contribution in [0, 0.1) is 5.92 Å². The third-order valence-electron chi connectivity index (χ3n) is 4.92. The van der Waals surface area contributed by atoms with Crippen LogP contribution in [0.4, 0.5) is 5.69 Å². The van der Waals surface area contributed by atoms with Gasteiger partial charge < -0.3 is 5.32 Å². The lowest BCUT2D eigenvalue weighted by molar-refractivity contribution is 0.191. The maximum absolute atomic E-state index is 9.57. The Hall–Kier alpha value is -2.66. The van der Waals surface area contributed by atoms with E-state index >= 15 is 0 Å². The second-order valence-corrected chi connectivity index (χ2v) is 6.56. The molecule has 0 saturated carbocycles. The molecule has 3 N–H and O–H groups in total. The number of anilines is 1. The molecule has 5 heteroatoms. The van der Waals surface area contributed by atoms with Crippen molar-refractivity contribution >= 4 is 17.6 Å². The quantitative estimate of drug-likeness (QED) is 0.733. The summed E-state index contributed by atoms with van der Waals surface area (Å²) in [6.07, 6.45) is 11.9. The summed E-state index contributed by atoms with van der Waals surface area (Å²) in [4.78, 5) is 9.28. The van der Waals surface area contributed by atoms with Crippen molar-refractivity contribution in [2.45, 2.75) is 32.0 Å². The van der Waals surface area contributed by atoms with Crippen molar-refractivity contribution in [3.8, 4) is 0 Å². The molecular formula is C20H22N4O. The highest BCUT2D eigenvalue weighted by Crippen LogP contribution is 2.35. The smallest absolute Gasteiger partial charge is 0.214 e. The van der Waals surface area contributed by atoms with E-state index in [0.29, 0.717) is 5.92 Å². The molecule has 2 atom stereocenters. The Kier molecular flexibility index (Phi) is 4.48. The number of hydrogen-bond acceptors (Lipinski definition) is 5. The van der Waals surface area contributed by atoms with E-state index in [-0.39, 0.29) is 6.29 Å². The van der Waals surface area contributed by atoms with Gasteiger partial charge in [-0.25, -0.2) is 9.98 Å². The van der Waals surface area contributed by atoms with Gasteiger partial charge in [0.25, 0.3) is 0 Å². The van der Waals surface area contributed by atoms with Crippen molar-refractivity contribution in [3.63, 3.8) is 0 Å². The van der Waals surface area contributed by atoms with E-state index in [2.05, 4.69) is 34.0 Å². The molecule has 1 aromatic carbocycles. The molecule has 0 radical (unpaired) electrons. The molecule has 2 unspecified atom stereocenters. The molecular weight excluding hydrogens is 312 g/mol. The van der Waals surface area contributed by atoms with Crippen molar-refractivity contribution in [2.24, 2.45) is 15.9 Å². The topological polar surface area (TPSA) is 69.0 Å². The van der Waals surface area contributed by atoms with Gasteiger partial charge in [0, 0.05) is 23.2 Å². The van der Waals surface area contributed by atoms with Crippen molar-refractivity contribution in [2.75, 3.05) is 5.32 Å². The van der Waals surface area contributed by atoms with E-state index in [1.165, 1.54) is 5.57 Å². The Morgan fingerprint density at radius 2 is 2.00 bits per heavy atom. The molecule has 128 valence electrons. The number of benzene rings is 1. The van der Waals surface area contributed by atoms with E-state index < -0.39 is 0 Å². The van der Waals surface area contributed by atoms with E-state index in [1.807, 2.05) is 36.5 Å². The van der Waals surface area contributed by atoms with Gasteiger partial charge in [-0.2, -0.15) is 0 Å². The monoisotopic (exact) mass is 334 g/mol. The Morgan fingerprint density at radius 3 is 2.76 bits per heavy atom. The van der Waals surface area contributed by atoms with Crippen LogP contribution in [0.25, 0.3) is 0 Å². The van der Waals surface area contributed by atoms with Crippen LogP contribution in [0.15, 0.2) is 75.4 Å². The predicted molar refractivity (Wildman–Crippen MR) is 101 cm³/mol. The number of aliphatic imine (C=N–C) groups is 2. The first-order chi connectivity index (χ1) is 12.3. The van der Waals surface area contributed by atoms with E-state index in [0.717, 1.165) is 48.4 Å². The SMILES string of the molecule is ONC1=C2C=NC(Nc3ccccc3)N=C2CC(C2=CC=CCC2)C1. The number of hydrogen-bond donors (Lipinski definition) is 3. The van der Waals surface area contributed by atoms with Crippen molar-refractivity contribution in [1.82, 2.24) is 5.48 Å². The lowest BCUT2D eigenvalue weighted by atomic mass is 9.79. The van der Waals surface area contributed by atoms with Gasteiger partial charge in [0.1, 0.15) is 0 Å². The number of allylic oxidation sites excluding steroid dienone is 6. The Bertz CT molecular complexity index is 789. The standard InChI is InChI=1S/C20H22N4O/c25-24-19-12-15(14-7-3-1-4-8-14)11-18-17(19)13-21-20(23-18)22-16-9-5-2-6-10-16/h1-3,5-7,9-10,13,15,20,22,24-25H,4,8,11-12H2. The lowest BCUT2D eigenvalue weighted by Crippen LogP contribution is -2.32. The van der Waals surface area contributed by atoms with Crippen LogP contribution in [-0.4, -0.2) is 23.4 Å². The lowest BCUT2D eigenvalue weighted by Gasteiger charge is -2.31. The van der Waals surface area contributed by atoms with Crippen LogP contribution in [0.5, 0.6) is 0 Å². The van der Waals surface area contributed by atoms with Gasteiger partial charge in [0.2, 0.25) is 6.29 Å². The summed E-state index contributed by atoms with van der Waals surface area (Å²) >= 11 is 0. The fourth-order valence-corrected chi connectivity index (χ4v) is 3.63. The first kappa shape index (κ1) is 15.8. The van der Waals surface area contributed by atoms with E-state index in [9.17, 15) is 5.21 Å². The Morgan fingerprint density at radius 1 is 1.12 bits per heavy atom. The zero-order valence-electron chi connectivity index (χ0n) is 14.0. The molecule has 25 heavy (non-hydrogen) atoms. The van der Waals surface area contributed by atoms with Crippen LogP contribution in [0.3, 0.4) is 0 Å². The van der Waals surface area contributed by atoms with E-state index in [4.69, 9.17) is 4.99 Å². The number of hydroxylamine groups is 1. The van der Waals surface area contributed by atoms with Gasteiger partial charge in [0.15, 0.2) is 0 Å². The molecule has 0 bridgehead atoms. The summed E-state index contributed by atoms with van der Waals surface area (Å²) in [5, 5.41) is 12.9. The average Bonchev–Trinajstić information content (AvgIpc) is 2.68. The summed E-state index contributed by atoms with van der Waals surface area (Å²) < 4.78 is 0. The highest BCUT2D eigenvalue weighted by Gasteiger charge is 2.30. The summed E-state index contributed by atoms with van der Waals surface area (Å²) in [6.45, 7) is 0. The average molecular weight is 334 g/mol. The molecule has 1 aromatic rings. The summed E-state index contributed by atoms with van der Waals surface area (Å²) in [7, 11) is 0. The minimum Gasteiger partial charge on any atom is -0.345 e. The third kappa shape index (κ3) is 3.42. The van der Waals surface area contributed by atoms with Crippen LogP contribution in [0.2, 0.25) is 0 Å². The fourth-order valence-electron chi connectivity index (χ4n) is 3.63. The minimum absolute atomic E-state index is 0.319. The fraction of sp³-hybridized carbons (Fsp3) is 0.300. The molecule has 2 aliphatic carbocycles. The number of para-hydroxylation sites is 1. The highest BCUT2D eigenvalue weighted by atomic mass is 16.5. The van der Waals surface area contributed by atoms with Gasteiger partial charge in [-0.15, -0.1) is 0 Å². The molecule has 1 heterocycles. The zero-order chi connectivity index (χ0) is 17.1. The Balaban J connectivity index is 1.58. The minimum atomic E-state index is -0.319. The molecule has 0 spiro atoms. The third-order valence-corrected chi connectivity index (χ3v) is 4.92. The maximum Gasteiger partial charge on any atom is 0.214 e. The molecule has 1 aliphatic heterocycles. The normalized spacial score (nSPS) is 25.2. The number of rotatable bonds is 4. The number of fused-ring (bicyclic) bond motifs is 1. The molecule has 0 fully saturated rings. The van der Waals surface area contributed by atoms with Crippen LogP contribution < -0.4 is 10.8 Å². The second-order valence-electron chi connectivity index (χ2n) is 6.56. The van der Waals surface area contributed by atoms with Gasteiger partial charge >= 0.3 is 0 Å². The van der Waals surface area contributed by atoms with Crippen LogP contribution in [0.1, 0.15) is 25.7 Å². The molecule has 4 rings (SSSR count). The molecule has 0 aromatic heterocycles. The van der Waals surface area contributed by atoms with Gasteiger partial charge in [-0.3, -0.25) is 10.7 Å². The number of nitrogens with one attached hydrogen (secondary N) is 2. The molecule has 0 saturated heterocycles. The van der Waals surface area contributed by atoms with Crippen LogP contribution in [-0.2, 0) is 0 Å². The van der Waals surface area contributed by atoms with Gasteiger partial charge in [-0.05, 0) is 43.7 Å². The van der Waals surface area contributed by atoms with Crippen molar-refractivity contribution in [1.29, 1.82) is 0 Å². The first-order valence-corrected chi connectivity index (χ1v) is 8.74. The van der Waals surface area contributed by atoms with Crippen LogP contribution >= 0.6 is 0 Å². The highest BCUT2D eigenvalue weighted by molar-refractivity contribution is 6.18. The van der Waals surface area contributed by atoms with E-state index in [1.54, 1.807) is 0 Å². The first-order valence-electron chi connectivity index (χ1n) is 8.74. The molecule has 3 aliphatic rings. The Labute approximate surface area is 147 Å².